The van der Waals surface area contributed by atoms with Crippen LogP contribution in [0.25, 0.3) is 0 Å². The van der Waals surface area contributed by atoms with E-state index in [2.05, 4.69) is 0 Å². The fourth-order valence-electron chi connectivity index (χ4n) is 1.73. The lowest BCUT2D eigenvalue weighted by Gasteiger charge is -2.17. The van der Waals surface area contributed by atoms with Crippen molar-refractivity contribution in [2.24, 2.45) is 0 Å². The number of ether oxygens (including phenoxy) is 2. The third kappa shape index (κ3) is 2.01. The van der Waals surface area contributed by atoms with Crippen LogP contribution in [0, 0.1) is 0 Å². The molecular weight excluding hydrogens is 228 g/mol. The van der Waals surface area contributed by atoms with E-state index in [0.29, 0.717) is 28.7 Å². The molecular formula is C12H13ClO3. The standard InChI is InChI=1S/C12H13ClO3/c1-15-9-5-2-4-8(13)11(9)12(14)10-6-3-7-16-10/h2,4-6,12,14H,3,7H2,1H3. The minimum Gasteiger partial charge on any atom is -0.496 e. The number of rotatable bonds is 3. The Hall–Kier alpha value is -1.19. The molecule has 86 valence electrons. The number of methoxy groups -OCH3 is 1. The lowest BCUT2D eigenvalue weighted by Crippen LogP contribution is -2.05. The van der Waals surface area contributed by atoms with Crippen LogP contribution in [-0.4, -0.2) is 18.8 Å². The van der Waals surface area contributed by atoms with Crippen molar-refractivity contribution in [1.82, 2.24) is 0 Å². The maximum atomic E-state index is 10.2. The van der Waals surface area contributed by atoms with Gasteiger partial charge in [0.05, 0.1) is 18.7 Å². The summed E-state index contributed by atoms with van der Waals surface area (Å²) < 4.78 is 10.5. The molecule has 1 aromatic carbocycles. The lowest BCUT2D eigenvalue weighted by molar-refractivity contribution is 0.117. The molecule has 3 nitrogen and oxygen atoms in total. The molecule has 1 unspecified atom stereocenters. The molecule has 0 radical (unpaired) electrons. The second-order valence-corrected chi connectivity index (χ2v) is 3.91. The van der Waals surface area contributed by atoms with Crippen LogP contribution in [0.3, 0.4) is 0 Å². The van der Waals surface area contributed by atoms with Gasteiger partial charge in [-0.1, -0.05) is 17.7 Å². The van der Waals surface area contributed by atoms with Crippen LogP contribution in [0.4, 0.5) is 0 Å². The second-order valence-electron chi connectivity index (χ2n) is 3.50. The first-order chi connectivity index (χ1) is 7.74. The molecule has 0 bridgehead atoms. The molecule has 1 aliphatic rings. The summed E-state index contributed by atoms with van der Waals surface area (Å²) in [5, 5.41) is 10.6. The van der Waals surface area contributed by atoms with Crippen LogP contribution in [0.2, 0.25) is 5.02 Å². The van der Waals surface area contributed by atoms with Gasteiger partial charge in [-0.05, 0) is 18.2 Å². The Kier molecular flexibility index (Phi) is 3.36. The van der Waals surface area contributed by atoms with E-state index in [0.717, 1.165) is 6.42 Å². The van der Waals surface area contributed by atoms with Gasteiger partial charge >= 0.3 is 0 Å². The van der Waals surface area contributed by atoms with Crippen molar-refractivity contribution in [2.75, 3.05) is 13.7 Å². The number of aliphatic hydroxyl groups excluding tert-OH is 1. The van der Waals surface area contributed by atoms with Crippen LogP contribution >= 0.6 is 11.6 Å². The number of aliphatic hydroxyl groups is 1. The molecule has 1 aromatic rings. The zero-order chi connectivity index (χ0) is 11.5. The summed E-state index contributed by atoms with van der Waals surface area (Å²) in [6, 6.07) is 5.26. The number of benzene rings is 1. The average Bonchev–Trinajstić information content (AvgIpc) is 2.81. The Morgan fingerprint density at radius 3 is 2.94 bits per heavy atom. The van der Waals surface area contributed by atoms with Crippen LogP contribution < -0.4 is 4.74 Å². The quantitative estimate of drug-likeness (QED) is 0.883. The molecule has 0 aliphatic carbocycles. The Balaban J connectivity index is 2.38. The molecule has 0 spiro atoms. The van der Waals surface area contributed by atoms with E-state index in [1.54, 1.807) is 25.3 Å². The summed E-state index contributed by atoms with van der Waals surface area (Å²) in [4.78, 5) is 0. The van der Waals surface area contributed by atoms with E-state index in [1.165, 1.54) is 0 Å². The van der Waals surface area contributed by atoms with Crippen molar-refractivity contribution in [1.29, 1.82) is 0 Å². The van der Waals surface area contributed by atoms with Crippen molar-refractivity contribution in [3.8, 4) is 5.75 Å². The van der Waals surface area contributed by atoms with Gasteiger partial charge in [0, 0.05) is 12.0 Å². The molecule has 0 fully saturated rings. The predicted octanol–water partition coefficient (Wildman–Crippen LogP) is 2.69. The van der Waals surface area contributed by atoms with Crippen LogP contribution in [0.5, 0.6) is 5.75 Å². The summed E-state index contributed by atoms with van der Waals surface area (Å²) >= 11 is 6.06. The van der Waals surface area contributed by atoms with Crippen molar-refractivity contribution in [3.63, 3.8) is 0 Å². The highest BCUT2D eigenvalue weighted by atomic mass is 35.5. The third-order valence-corrected chi connectivity index (χ3v) is 2.84. The van der Waals surface area contributed by atoms with Crippen LogP contribution in [-0.2, 0) is 4.74 Å². The van der Waals surface area contributed by atoms with Gasteiger partial charge < -0.3 is 14.6 Å². The molecule has 1 N–H and O–H groups in total. The highest BCUT2D eigenvalue weighted by Crippen LogP contribution is 2.37. The maximum Gasteiger partial charge on any atom is 0.141 e. The summed E-state index contributed by atoms with van der Waals surface area (Å²) in [6.07, 6.45) is 1.83. The Labute approximate surface area is 99.3 Å². The van der Waals surface area contributed by atoms with Gasteiger partial charge in [0.25, 0.3) is 0 Å². The highest BCUT2D eigenvalue weighted by Gasteiger charge is 2.23. The van der Waals surface area contributed by atoms with Gasteiger partial charge in [0.1, 0.15) is 17.6 Å². The van der Waals surface area contributed by atoms with Crippen molar-refractivity contribution < 1.29 is 14.6 Å². The zero-order valence-corrected chi connectivity index (χ0v) is 9.70. The number of halogens is 1. The van der Waals surface area contributed by atoms with E-state index < -0.39 is 6.10 Å². The Bertz CT molecular complexity index is 415. The van der Waals surface area contributed by atoms with E-state index in [-0.39, 0.29) is 0 Å². The smallest absolute Gasteiger partial charge is 0.141 e. The molecule has 0 amide bonds. The van der Waals surface area contributed by atoms with Crippen LogP contribution in [0.15, 0.2) is 30.0 Å². The highest BCUT2D eigenvalue weighted by molar-refractivity contribution is 6.31. The fraction of sp³-hybridized carbons (Fsp3) is 0.333. The van der Waals surface area contributed by atoms with Crippen molar-refractivity contribution in [2.45, 2.75) is 12.5 Å². The SMILES string of the molecule is COc1cccc(Cl)c1C(O)C1=CCCO1. The predicted molar refractivity (Wildman–Crippen MR) is 61.6 cm³/mol. The van der Waals surface area contributed by atoms with Gasteiger partial charge in [-0.3, -0.25) is 0 Å². The average molecular weight is 241 g/mol. The third-order valence-electron chi connectivity index (χ3n) is 2.51. The second kappa shape index (κ2) is 4.76. The first kappa shape index (κ1) is 11.3. The number of hydrogen-bond donors (Lipinski definition) is 1. The molecule has 2 rings (SSSR count). The van der Waals surface area contributed by atoms with Gasteiger partial charge in [-0.25, -0.2) is 0 Å². The molecule has 0 saturated heterocycles. The topological polar surface area (TPSA) is 38.7 Å². The van der Waals surface area contributed by atoms with Gasteiger partial charge in [0.2, 0.25) is 0 Å². The van der Waals surface area contributed by atoms with Crippen molar-refractivity contribution in [3.05, 3.63) is 40.6 Å². The molecule has 4 heteroatoms. The Morgan fingerprint density at radius 1 is 1.50 bits per heavy atom. The van der Waals surface area contributed by atoms with Crippen molar-refractivity contribution >= 4 is 11.6 Å². The summed E-state index contributed by atoms with van der Waals surface area (Å²) in [6.45, 7) is 0.610. The van der Waals surface area contributed by atoms with Crippen LogP contribution in [0.1, 0.15) is 18.1 Å². The minimum absolute atomic E-state index is 0.475. The molecule has 1 atom stereocenters. The first-order valence-electron chi connectivity index (χ1n) is 5.07. The Morgan fingerprint density at radius 2 is 2.31 bits per heavy atom. The van der Waals surface area contributed by atoms with Gasteiger partial charge in [-0.2, -0.15) is 0 Å². The molecule has 0 saturated carbocycles. The lowest BCUT2D eigenvalue weighted by atomic mass is 10.1. The summed E-state index contributed by atoms with van der Waals surface area (Å²) in [5.41, 5.74) is 0.555. The molecule has 16 heavy (non-hydrogen) atoms. The van der Waals surface area contributed by atoms with E-state index in [4.69, 9.17) is 21.1 Å². The van der Waals surface area contributed by atoms with E-state index in [1.807, 2.05) is 6.08 Å². The fourth-order valence-corrected chi connectivity index (χ4v) is 2.00. The van der Waals surface area contributed by atoms with Gasteiger partial charge in [0.15, 0.2) is 0 Å². The minimum atomic E-state index is -0.855. The maximum absolute atomic E-state index is 10.2. The molecule has 1 aliphatic heterocycles. The number of hydrogen-bond acceptors (Lipinski definition) is 3. The van der Waals surface area contributed by atoms with E-state index >= 15 is 0 Å². The van der Waals surface area contributed by atoms with Gasteiger partial charge in [-0.15, -0.1) is 0 Å². The monoisotopic (exact) mass is 240 g/mol. The summed E-state index contributed by atoms with van der Waals surface area (Å²) in [5.74, 6) is 1.11. The normalized spacial score (nSPS) is 16.6. The molecule has 1 heterocycles. The zero-order valence-electron chi connectivity index (χ0n) is 8.94. The first-order valence-corrected chi connectivity index (χ1v) is 5.45. The molecule has 0 aromatic heterocycles. The summed E-state index contributed by atoms with van der Waals surface area (Å²) in [7, 11) is 1.55. The largest absolute Gasteiger partial charge is 0.496 e. The van der Waals surface area contributed by atoms with E-state index in [9.17, 15) is 5.11 Å².